The second-order valence-corrected chi connectivity index (χ2v) is 8.58. The van der Waals surface area contributed by atoms with Gasteiger partial charge in [0, 0.05) is 30.3 Å². The number of nitrogens with one attached hydrogen (secondary N) is 2. The van der Waals surface area contributed by atoms with Crippen LogP contribution in [0.1, 0.15) is 19.8 Å². The van der Waals surface area contributed by atoms with Crippen LogP contribution in [0.2, 0.25) is 0 Å². The van der Waals surface area contributed by atoms with E-state index in [4.69, 9.17) is 14.5 Å². The highest BCUT2D eigenvalue weighted by Gasteiger charge is 2.27. The van der Waals surface area contributed by atoms with Crippen molar-refractivity contribution in [1.29, 1.82) is 0 Å². The molecule has 0 spiro atoms. The van der Waals surface area contributed by atoms with E-state index in [0.717, 1.165) is 65.3 Å². The molecule has 166 valence electrons. The van der Waals surface area contributed by atoms with E-state index in [1.54, 1.807) is 7.11 Å². The monoisotopic (exact) mass is 431 g/mol. The summed E-state index contributed by atoms with van der Waals surface area (Å²) in [4.78, 5) is 9.64. The van der Waals surface area contributed by atoms with Crippen molar-refractivity contribution in [3.05, 3.63) is 54.9 Å². The van der Waals surface area contributed by atoms with Crippen molar-refractivity contribution in [1.82, 2.24) is 19.7 Å². The summed E-state index contributed by atoms with van der Waals surface area (Å²) in [6.07, 6.45) is 6.02. The van der Waals surface area contributed by atoms with Crippen LogP contribution in [0.4, 0.5) is 5.69 Å². The number of benzene rings is 1. The lowest BCUT2D eigenvalue weighted by atomic mass is 9.90. The van der Waals surface area contributed by atoms with Crippen LogP contribution < -0.4 is 15.4 Å². The van der Waals surface area contributed by atoms with Gasteiger partial charge in [0.25, 0.3) is 0 Å². The van der Waals surface area contributed by atoms with Gasteiger partial charge in [0.15, 0.2) is 0 Å². The first-order chi connectivity index (χ1) is 15.6. The minimum atomic E-state index is 0.0692. The van der Waals surface area contributed by atoms with Gasteiger partial charge in [-0.15, -0.1) is 0 Å². The highest BCUT2D eigenvalue weighted by atomic mass is 16.5. The van der Waals surface area contributed by atoms with E-state index in [-0.39, 0.29) is 5.54 Å². The summed E-state index contributed by atoms with van der Waals surface area (Å²) < 4.78 is 12.8. The fraction of sp³-hybridized carbons (Fsp3) is 0.360. The molecule has 4 aromatic rings. The largest absolute Gasteiger partial charge is 0.491 e. The normalized spacial score (nSPS) is 15.8. The number of imidazole rings is 1. The summed E-state index contributed by atoms with van der Waals surface area (Å²) in [5, 5.41) is 8.36. The van der Waals surface area contributed by atoms with Crippen molar-refractivity contribution in [2.45, 2.75) is 25.3 Å². The summed E-state index contributed by atoms with van der Waals surface area (Å²) >= 11 is 0. The molecule has 3 aromatic heterocycles. The standard InChI is InChI=1S/C25H29N5O2/c1-25(9-11-26-12-10-25)29-21-5-3-4-18-6-7-20(28-24(18)21)22-17-27-23-16-19(8-13-30(22)23)32-15-14-31-2/h3-8,13,16-17,26,29H,9-12,14-15H2,1-2H3. The molecular formula is C25H29N5O2. The first kappa shape index (κ1) is 20.7. The Kier molecular flexibility index (Phi) is 5.68. The number of aromatic nitrogens is 3. The van der Waals surface area contributed by atoms with Crippen LogP contribution in [0, 0.1) is 0 Å². The smallest absolute Gasteiger partial charge is 0.140 e. The lowest BCUT2D eigenvalue weighted by molar-refractivity contribution is 0.146. The van der Waals surface area contributed by atoms with Crippen molar-refractivity contribution in [3.63, 3.8) is 0 Å². The lowest BCUT2D eigenvalue weighted by Crippen LogP contribution is -2.45. The summed E-state index contributed by atoms with van der Waals surface area (Å²) in [6.45, 7) is 5.43. The van der Waals surface area contributed by atoms with Crippen LogP contribution in [-0.2, 0) is 4.74 Å². The van der Waals surface area contributed by atoms with Gasteiger partial charge in [-0.05, 0) is 51.1 Å². The zero-order chi connectivity index (χ0) is 22.0. The number of para-hydroxylation sites is 1. The minimum absolute atomic E-state index is 0.0692. The van der Waals surface area contributed by atoms with Crippen LogP contribution in [0.25, 0.3) is 27.9 Å². The molecule has 0 amide bonds. The predicted octanol–water partition coefficient (Wildman–Crippen LogP) is 4.13. The average molecular weight is 432 g/mol. The lowest BCUT2D eigenvalue weighted by Gasteiger charge is -2.36. The summed E-state index contributed by atoms with van der Waals surface area (Å²) in [6, 6.07) is 14.4. The Hall–Kier alpha value is -3.16. The van der Waals surface area contributed by atoms with Gasteiger partial charge >= 0.3 is 0 Å². The summed E-state index contributed by atoms with van der Waals surface area (Å²) in [7, 11) is 1.66. The molecule has 0 aliphatic carbocycles. The number of piperidine rings is 1. The molecule has 32 heavy (non-hydrogen) atoms. The molecule has 2 N–H and O–H groups in total. The van der Waals surface area contributed by atoms with Gasteiger partial charge in [-0.1, -0.05) is 18.2 Å². The second kappa shape index (κ2) is 8.76. The van der Waals surface area contributed by atoms with Crippen molar-refractivity contribution < 1.29 is 9.47 Å². The Labute approximate surface area is 187 Å². The SMILES string of the molecule is COCCOc1ccn2c(-c3ccc4cccc(NC5(C)CCNCC5)c4n3)cnc2c1. The van der Waals surface area contributed by atoms with E-state index in [0.29, 0.717) is 13.2 Å². The summed E-state index contributed by atoms with van der Waals surface area (Å²) in [5.74, 6) is 0.778. The number of fused-ring (bicyclic) bond motifs is 2. The maximum atomic E-state index is 5.72. The van der Waals surface area contributed by atoms with Gasteiger partial charge in [-0.25, -0.2) is 9.97 Å². The first-order valence-corrected chi connectivity index (χ1v) is 11.1. The number of anilines is 1. The second-order valence-electron chi connectivity index (χ2n) is 8.58. The molecule has 0 bridgehead atoms. The van der Waals surface area contributed by atoms with Crippen LogP contribution in [0.5, 0.6) is 5.75 Å². The number of rotatable bonds is 7. The molecule has 1 saturated heterocycles. The fourth-order valence-electron chi connectivity index (χ4n) is 4.30. The third-order valence-electron chi connectivity index (χ3n) is 6.17. The summed E-state index contributed by atoms with van der Waals surface area (Å²) in [5.41, 5.74) is 4.80. The van der Waals surface area contributed by atoms with E-state index in [2.05, 4.69) is 52.9 Å². The van der Waals surface area contributed by atoms with E-state index in [9.17, 15) is 0 Å². The Morgan fingerprint density at radius 2 is 2.00 bits per heavy atom. The van der Waals surface area contributed by atoms with Crippen LogP contribution in [-0.4, -0.2) is 53.3 Å². The molecule has 7 nitrogen and oxygen atoms in total. The highest BCUT2D eigenvalue weighted by molar-refractivity contribution is 5.92. The van der Waals surface area contributed by atoms with Gasteiger partial charge in [-0.2, -0.15) is 0 Å². The van der Waals surface area contributed by atoms with Crippen molar-refractivity contribution >= 4 is 22.2 Å². The molecule has 0 saturated carbocycles. The number of hydrogen-bond donors (Lipinski definition) is 2. The van der Waals surface area contributed by atoms with E-state index >= 15 is 0 Å². The van der Waals surface area contributed by atoms with E-state index in [1.807, 2.05) is 28.9 Å². The maximum absolute atomic E-state index is 5.72. The topological polar surface area (TPSA) is 72.7 Å². The molecule has 5 rings (SSSR count). The Balaban J connectivity index is 1.48. The Morgan fingerprint density at radius 1 is 1.12 bits per heavy atom. The van der Waals surface area contributed by atoms with Crippen LogP contribution in [0.3, 0.4) is 0 Å². The Bertz CT molecular complexity index is 1230. The highest BCUT2D eigenvalue weighted by Crippen LogP contribution is 2.31. The van der Waals surface area contributed by atoms with Crippen molar-refractivity contribution in [2.75, 3.05) is 38.7 Å². The quantitative estimate of drug-likeness (QED) is 0.429. The van der Waals surface area contributed by atoms with Crippen LogP contribution >= 0.6 is 0 Å². The Morgan fingerprint density at radius 3 is 2.84 bits per heavy atom. The molecule has 0 radical (unpaired) electrons. The molecule has 1 fully saturated rings. The molecule has 1 aromatic carbocycles. The van der Waals surface area contributed by atoms with Crippen LogP contribution in [0.15, 0.2) is 54.9 Å². The zero-order valence-corrected chi connectivity index (χ0v) is 18.6. The van der Waals surface area contributed by atoms with Crippen molar-refractivity contribution in [2.24, 2.45) is 0 Å². The molecule has 4 heterocycles. The molecule has 1 aliphatic heterocycles. The first-order valence-electron chi connectivity index (χ1n) is 11.1. The van der Waals surface area contributed by atoms with Gasteiger partial charge in [0.2, 0.25) is 0 Å². The van der Waals surface area contributed by atoms with E-state index in [1.165, 1.54) is 0 Å². The molecule has 1 aliphatic rings. The predicted molar refractivity (Wildman–Crippen MR) is 127 cm³/mol. The van der Waals surface area contributed by atoms with Gasteiger partial charge in [0.1, 0.15) is 18.0 Å². The number of ether oxygens (including phenoxy) is 2. The number of pyridine rings is 2. The fourth-order valence-corrected chi connectivity index (χ4v) is 4.30. The maximum Gasteiger partial charge on any atom is 0.140 e. The molecule has 0 atom stereocenters. The average Bonchev–Trinajstić information content (AvgIpc) is 3.23. The molecule has 7 heteroatoms. The minimum Gasteiger partial charge on any atom is -0.491 e. The molecule has 0 unspecified atom stereocenters. The molecular weight excluding hydrogens is 402 g/mol. The van der Waals surface area contributed by atoms with Gasteiger partial charge < -0.3 is 20.1 Å². The number of hydrogen-bond acceptors (Lipinski definition) is 6. The zero-order valence-electron chi connectivity index (χ0n) is 18.6. The van der Waals surface area contributed by atoms with Gasteiger partial charge in [0.05, 0.1) is 35.4 Å². The number of nitrogens with zero attached hydrogens (tertiary/aromatic N) is 3. The van der Waals surface area contributed by atoms with E-state index < -0.39 is 0 Å². The van der Waals surface area contributed by atoms with Crippen molar-refractivity contribution in [3.8, 4) is 17.1 Å². The van der Waals surface area contributed by atoms with Gasteiger partial charge in [-0.3, -0.25) is 4.40 Å². The third kappa shape index (κ3) is 4.13. The number of methoxy groups -OCH3 is 1. The third-order valence-corrected chi connectivity index (χ3v) is 6.17.